The minimum atomic E-state index is -1.55. The van der Waals surface area contributed by atoms with E-state index in [0.29, 0.717) is 42.9 Å². The molecule has 0 aliphatic heterocycles. The summed E-state index contributed by atoms with van der Waals surface area (Å²) >= 11 is 0. The van der Waals surface area contributed by atoms with Gasteiger partial charge in [-0.1, -0.05) is 56.8 Å². The van der Waals surface area contributed by atoms with Gasteiger partial charge in [0.15, 0.2) is 0 Å². The summed E-state index contributed by atoms with van der Waals surface area (Å²) in [4.78, 5) is 13.3. The highest BCUT2D eigenvalue weighted by Crippen LogP contribution is 2.16. The van der Waals surface area contributed by atoms with Gasteiger partial charge in [-0.15, -0.1) is 10.5 Å². The molecule has 0 saturated carbocycles. The smallest absolute Gasteiger partial charge is 0.323 e. The maximum atomic E-state index is 5.90. The van der Waals surface area contributed by atoms with Crippen LogP contribution in [-0.2, 0) is 0 Å². The van der Waals surface area contributed by atoms with Crippen LogP contribution in [0.1, 0.15) is 85.9 Å². The van der Waals surface area contributed by atoms with Gasteiger partial charge in [-0.3, -0.25) is 0 Å². The molecule has 2 unspecified atom stereocenters. The van der Waals surface area contributed by atoms with Gasteiger partial charge in [-0.2, -0.15) is 9.97 Å². The normalized spacial score (nSPS) is 12.7. The van der Waals surface area contributed by atoms with Crippen molar-refractivity contribution in [2.45, 2.75) is 99.7 Å². The van der Waals surface area contributed by atoms with Crippen LogP contribution in [0, 0.1) is 23.3 Å². The van der Waals surface area contributed by atoms with Crippen LogP contribution in [0.2, 0.25) is 19.6 Å². The van der Waals surface area contributed by atoms with Gasteiger partial charge < -0.3 is 9.47 Å². The standard InChI is InChI=1S/C28H47N3O2Si/c1-22(2)12-10-14-24(5)16-19-32-27-29-26(18-21-34(7,8)9)30-28(31-27)33-20-17-25(6)15-11-13-23(3)4/h12-13,24-25H,10-11,14-17,19-20H2,1-9H3. The Labute approximate surface area is 209 Å². The van der Waals surface area contributed by atoms with E-state index in [1.165, 1.54) is 11.1 Å². The number of rotatable bonds is 14. The van der Waals surface area contributed by atoms with Gasteiger partial charge in [0.05, 0.1) is 13.2 Å². The third kappa shape index (κ3) is 15.7. The van der Waals surface area contributed by atoms with Crippen LogP contribution >= 0.6 is 0 Å². The molecule has 1 aromatic rings. The van der Waals surface area contributed by atoms with E-state index in [1.807, 2.05) is 0 Å². The SMILES string of the molecule is CC(C)=CCCC(C)CCOc1nc(C#C[Si](C)(C)C)nc(OCCC(C)CCC=C(C)C)n1. The molecule has 34 heavy (non-hydrogen) atoms. The Morgan fingerprint density at radius 1 is 0.765 bits per heavy atom. The lowest BCUT2D eigenvalue weighted by atomic mass is 10.0. The van der Waals surface area contributed by atoms with Gasteiger partial charge in [0.2, 0.25) is 5.82 Å². The Hall–Kier alpha value is -2.13. The molecule has 1 rings (SSSR count). The van der Waals surface area contributed by atoms with Gasteiger partial charge in [-0.05, 0) is 84.0 Å². The van der Waals surface area contributed by atoms with E-state index < -0.39 is 8.07 Å². The van der Waals surface area contributed by atoms with Crippen molar-refractivity contribution in [3.8, 4) is 23.5 Å². The minimum Gasteiger partial charge on any atom is -0.463 e. The number of nitrogens with zero attached hydrogens (tertiary/aromatic N) is 3. The van der Waals surface area contributed by atoms with Crippen molar-refractivity contribution < 1.29 is 9.47 Å². The molecule has 190 valence electrons. The molecule has 0 saturated heterocycles. The van der Waals surface area contributed by atoms with E-state index in [-0.39, 0.29) is 0 Å². The van der Waals surface area contributed by atoms with Crippen molar-refractivity contribution in [2.75, 3.05) is 13.2 Å². The van der Waals surface area contributed by atoms with E-state index in [4.69, 9.17) is 9.47 Å². The van der Waals surface area contributed by atoms with Crippen LogP contribution in [0.4, 0.5) is 0 Å². The fraction of sp³-hybridized carbons (Fsp3) is 0.679. The Kier molecular flexibility index (Phi) is 13.8. The lowest BCUT2D eigenvalue weighted by molar-refractivity contribution is 0.235. The number of allylic oxidation sites excluding steroid dienone is 4. The van der Waals surface area contributed by atoms with Crippen molar-refractivity contribution in [1.29, 1.82) is 0 Å². The van der Waals surface area contributed by atoms with Crippen molar-refractivity contribution in [1.82, 2.24) is 15.0 Å². The molecule has 1 heterocycles. The number of hydrogen-bond donors (Lipinski definition) is 0. The summed E-state index contributed by atoms with van der Waals surface area (Å²) in [6.45, 7) is 20.8. The predicted octanol–water partition coefficient (Wildman–Crippen LogP) is 7.40. The van der Waals surface area contributed by atoms with Gasteiger partial charge in [0.1, 0.15) is 8.07 Å². The van der Waals surface area contributed by atoms with Crippen LogP contribution < -0.4 is 9.47 Å². The maximum absolute atomic E-state index is 5.90. The highest BCUT2D eigenvalue weighted by molar-refractivity contribution is 6.83. The van der Waals surface area contributed by atoms with Gasteiger partial charge in [0.25, 0.3) is 0 Å². The summed E-state index contributed by atoms with van der Waals surface area (Å²) in [5.41, 5.74) is 6.06. The Morgan fingerprint density at radius 3 is 1.59 bits per heavy atom. The monoisotopic (exact) mass is 485 g/mol. The molecule has 0 fully saturated rings. The van der Waals surface area contributed by atoms with Gasteiger partial charge in [-0.25, -0.2) is 0 Å². The molecular weight excluding hydrogens is 438 g/mol. The summed E-state index contributed by atoms with van der Waals surface area (Å²) in [5, 5.41) is 0. The molecule has 0 aliphatic carbocycles. The van der Waals surface area contributed by atoms with Gasteiger partial charge >= 0.3 is 12.0 Å². The predicted molar refractivity (Wildman–Crippen MR) is 146 cm³/mol. The average molecular weight is 486 g/mol. The number of ether oxygens (including phenoxy) is 2. The van der Waals surface area contributed by atoms with E-state index in [9.17, 15) is 0 Å². The van der Waals surface area contributed by atoms with Crippen molar-refractivity contribution in [3.05, 3.63) is 29.1 Å². The molecule has 0 bridgehead atoms. The largest absolute Gasteiger partial charge is 0.463 e. The molecule has 5 nitrogen and oxygen atoms in total. The zero-order valence-electron chi connectivity index (χ0n) is 23.1. The van der Waals surface area contributed by atoms with Crippen LogP contribution in [0.25, 0.3) is 0 Å². The third-order valence-electron chi connectivity index (χ3n) is 5.25. The second-order valence-corrected chi connectivity index (χ2v) is 15.7. The fourth-order valence-electron chi connectivity index (χ4n) is 3.07. The Bertz CT molecular complexity index is 802. The molecule has 0 spiro atoms. The maximum Gasteiger partial charge on any atom is 0.323 e. The van der Waals surface area contributed by atoms with Crippen molar-refractivity contribution in [3.63, 3.8) is 0 Å². The number of aromatic nitrogens is 3. The molecular formula is C28H47N3O2Si. The lowest BCUT2D eigenvalue weighted by Gasteiger charge is -2.12. The summed E-state index contributed by atoms with van der Waals surface area (Å²) in [5.74, 6) is 4.70. The molecule has 0 radical (unpaired) electrons. The first-order chi connectivity index (χ1) is 15.9. The summed E-state index contributed by atoms with van der Waals surface area (Å²) in [7, 11) is -1.55. The third-order valence-corrected chi connectivity index (χ3v) is 6.13. The molecule has 0 aromatic carbocycles. The first-order valence-electron chi connectivity index (χ1n) is 12.8. The van der Waals surface area contributed by atoms with E-state index in [1.54, 1.807) is 0 Å². The van der Waals surface area contributed by atoms with Crippen molar-refractivity contribution >= 4 is 8.07 Å². The topological polar surface area (TPSA) is 57.1 Å². The van der Waals surface area contributed by atoms with E-state index in [2.05, 4.69) is 99.8 Å². The Balaban J connectivity index is 2.72. The molecule has 1 aromatic heterocycles. The molecule has 6 heteroatoms. The van der Waals surface area contributed by atoms with E-state index >= 15 is 0 Å². The second kappa shape index (κ2) is 15.7. The zero-order chi connectivity index (χ0) is 25.6. The molecule has 0 aliphatic rings. The second-order valence-electron chi connectivity index (χ2n) is 10.9. The van der Waals surface area contributed by atoms with Crippen LogP contribution in [0.15, 0.2) is 23.3 Å². The first-order valence-corrected chi connectivity index (χ1v) is 16.3. The van der Waals surface area contributed by atoms with Crippen LogP contribution in [0.3, 0.4) is 0 Å². The molecule has 0 amide bonds. The van der Waals surface area contributed by atoms with Crippen LogP contribution in [0.5, 0.6) is 12.0 Å². The minimum absolute atomic E-state index is 0.304. The molecule has 2 atom stereocenters. The number of hydrogen-bond acceptors (Lipinski definition) is 5. The summed E-state index contributed by atoms with van der Waals surface area (Å²) < 4.78 is 11.8. The van der Waals surface area contributed by atoms with E-state index in [0.717, 1.165) is 38.5 Å². The highest BCUT2D eigenvalue weighted by Gasteiger charge is 2.12. The Morgan fingerprint density at radius 2 is 1.21 bits per heavy atom. The average Bonchev–Trinajstić information content (AvgIpc) is 2.71. The lowest BCUT2D eigenvalue weighted by Crippen LogP contribution is -2.16. The van der Waals surface area contributed by atoms with Crippen LogP contribution in [-0.4, -0.2) is 36.2 Å². The first kappa shape index (κ1) is 29.9. The zero-order valence-corrected chi connectivity index (χ0v) is 24.1. The fourth-order valence-corrected chi connectivity index (χ4v) is 3.56. The highest BCUT2D eigenvalue weighted by atomic mass is 28.3. The van der Waals surface area contributed by atoms with Crippen molar-refractivity contribution in [2.24, 2.45) is 11.8 Å². The summed E-state index contributed by atoms with van der Waals surface area (Å²) in [6.07, 6.45) is 11.0. The quantitative estimate of drug-likeness (QED) is 0.156. The summed E-state index contributed by atoms with van der Waals surface area (Å²) in [6, 6.07) is 0.607. The molecule has 0 N–H and O–H groups in total. The van der Waals surface area contributed by atoms with Gasteiger partial charge in [0, 0.05) is 0 Å².